The molecule has 0 unspecified atom stereocenters. The number of amides is 1. The average Bonchev–Trinajstić information content (AvgIpc) is 3.00. The van der Waals surface area contributed by atoms with Gasteiger partial charge in [0.15, 0.2) is 0 Å². The lowest BCUT2D eigenvalue weighted by atomic mass is 10.0. The van der Waals surface area contributed by atoms with E-state index >= 15 is 0 Å². The molecule has 24 heavy (non-hydrogen) atoms. The number of fused-ring (bicyclic) bond motifs is 1. The molecule has 1 saturated heterocycles. The first-order valence-electron chi connectivity index (χ1n) is 9.17. The largest absolute Gasteiger partial charge is 0.399 e. The summed E-state index contributed by atoms with van der Waals surface area (Å²) in [6, 6.07) is 5.85. The Morgan fingerprint density at radius 1 is 1.29 bits per heavy atom. The maximum absolute atomic E-state index is 12.5. The van der Waals surface area contributed by atoms with E-state index in [0.29, 0.717) is 12.3 Å². The smallest absolute Gasteiger partial charge is 0.252 e. The second-order valence-electron chi connectivity index (χ2n) is 7.44. The molecule has 0 aromatic heterocycles. The van der Waals surface area contributed by atoms with Gasteiger partial charge < -0.3 is 19.9 Å². The molecule has 0 radical (unpaired) electrons. The van der Waals surface area contributed by atoms with Gasteiger partial charge in [-0.25, -0.2) is 0 Å². The molecule has 2 aliphatic heterocycles. The number of anilines is 2. The third-order valence-electron chi connectivity index (χ3n) is 5.39. The van der Waals surface area contributed by atoms with Gasteiger partial charge in [0.2, 0.25) is 0 Å². The minimum absolute atomic E-state index is 0.0446. The van der Waals surface area contributed by atoms with Crippen LogP contribution < -0.4 is 10.6 Å². The van der Waals surface area contributed by atoms with Crippen molar-refractivity contribution in [3.05, 3.63) is 23.8 Å². The lowest BCUT2D eigenvalue weighted by Gasteiger charge is -2.30. The molecule has 5 heteroatoms. The van der Waals surface area contributed by atoms with E-state index in [1.165, 1.54) is 31.5 Å². The zero-order valence-electron chi connectivity index (χ0n) is 14.8. The topological polar surface area (TPSA) is 55.6 Å². The van der Waals surface area contributed by atoms with Crippen molar-refractivity contribution in [2.75, 3.05) is 57.1 Å². The number of benzene rings is 1. The molecule has 0 saturated carbocycles. The minimum Gasteiger partial charge on any atom is -0.399 e. The number of carbonyl (C=O) groups is 1. The fourth-order valence-corrected chi connectivity index (χ4v) is 3.96. The van der Waals surface area contributed by atoms with Crippen molar-refractivity contribution in [2.45, 2.75) is 32.1 Å². The first-order valence-corrected chi connectivity index (χ1v) is 9.17. The van der Waals surface area contributed by atoms with Crippen LogP contribution in [0.4, 0.5) is 11.4 Å². The standard InChI is InChI=1S/C19H30N3O2/c1-22(10-2-3-11-22)12-5-13-24-15-19(23)21-9-4-6-16-7-8-17(20)14-18(16)21/h7-8,14H,2-6,9-13,15,20H2,1H3/q+1. The molecule has 2 aliphatic rings. The number of rotatable bonds is 6. The van der Waals surface area contributed by atoms with Gasteiger partial charge in [-0.05, 0) is 30.5 Å². The molecule has 0 atom stereocenters. The van der Waals surface area contributed by atoms with E-state index in [0.717, 1.165) is 42.5 Å². The molecule has 1 aromatic rings. The van der Waals surface area contributed by atoms with E-state index in [4.69, 9.17) is 10.5 Å². The van der Waals surface area contributed by atoms with Crippen molar-refractivity contribution in [3.63, 3.8) is 0 Å². The van der Waals surface area contributed by atoms with E-state index in [9.17, 15) is 4.79 Å². The second-order valence-corrected chi connectivity index (χ2v) is 7.44. The first-order chi connectivity index (χ1) is 11.6. The van der Waals surface area contributed by atoms with Crippen LogP contribution in [0.5, 0.6) is 0 Å². The van der Waals surface area contributed by atoms with Crippen molar-refractivity contribution < 1.29 is 14.0 Å². The average molecular weight is 332 g/mol. The number of hydrogen-bond donors (Lipinski definition) is 1. The Morgan fingerprint density at radius 3 is 2.88 bits per heavy atom. The molecule has 3 rings (SSSR count). The van der Waals surface area contributed by atoms with Gasteiger partial charge in [-0.15, -0.1) is 0 Å². The number of nitrogen functional groups attached to an aromatic ring is 1. The molecule has 5 nitrogen and oxygen atoms in total. The molecule has 1 aromatic carbocycles. The van der Waals surface area contributed by atoms with Gasteiger partial charge in [0.05, 0.1) is 33.3 Å². The summed E-state index contributed by atoms with van der Waals surface area (Å²) in [5.41, 5.74) is 8.76. The predicted octanol–water partition coefficient (Wildman–Crippen LogP) is 2.20. The van der Waals surface area contributed by atoms with Crippen LogP contribution in [0.15, 0.2) is 18.2 Å². The molecule has 132 valence electrons. The summed E-state index contributed by atoms with van der Waals surface area (Å²) in [7, 11) is 2.33. The van der Waals surface area contributed by atoms with Crippen LogP contribution in [-0.4, -0.2) is 56.8 Å². The van der Waals surface area contributed by atoms with Crippen molar-refractivity contribution >= 4 is 17.3 Å². The third kappa shape index (κ3) is 4.08. The Labute approximate surface area is 145 Å². The van der Waals surface area contributed by atoms with Crippen molar-refractivity contribution in [1.29, 1.82) is 0 Å². The van der Waals surface area contributed by atoms with Crippen molar-refractivity contribution in [3.8, 4) is 0 Å². The van der Waals surface area contributed by atoms with Gasteiger partial charge in [-0.1, -0.05) is 6.07 Å². The maximum Gasteiger partial charge on any atom is 0.252 e. The minimum atomic E-state index is 0.0446. The number of ether oxygens (including phenoxy) is 1. The van der Waals surface area contributed by atoms with Crippen LogP contribution in [0.25, 0.3) is 0 Å². The Bertz CT molecular complexity index is 582. The number of hydrogen-bond acceptors (Lipinski definition) is 3. The third-order valence-corrected chi connectivity index (χ3v) is 5.39. The highest BCUT2D eigenvalue weighted by molar-refractivity contribution is 5.96. The van der Waals surface area contributed by atoms with Gasteiger partial charge in [0, 0.05) is 37.2 Å². The van der Waals surface area contributed by atoms with Crippen LogP contribution in [0, 0.1) is 0 Å². The Hall–Kier alpha value is -1.59. The molecule has 0 bridgehead atoms. The van der Waals surface area contributed by atoms with Gasteiger partial charge in [0.1, 0.15) is 6.61 Å². The van der Waals surface area contributed by atoms with E-state index in [-0.39, 0.29) is 12.5 Å². The summed E-state index contributed by atoms with van der Waals surface area (Å²) in [5, 5.41) is 0. The molecular weight excluding hydrogens is 302 g/mol. The number of aryl methyl sites for hydroxylation is 1. The zero-order chi connectivity index (χ0) is 17.0. The highest BCUT2D eigenvalue weighted by Gasteiger charge is 2.26. The molecule has 0 aliphatic carbocycles. The van der Waals surface area contributed by atoms with E-state index in [2.05, 4.69) is 7.05 Å². The number of likely N-dealkylation sites (tertiary alicyclic amines) is 1. The molecule has 0 spiro atoms. The van der Waals surface area contributed by atoms with Gasteiger partial charge in [-0.2, -0.15) is 0 Å². The lowest BCUT2D eigenvalue weighted by molar-refractivity contribution is -0.897. The molecule has 2 heterocycles. The summed E-state index contributed by atoms with van der Waals surface area (Å²) in [4.78, 5) is 14.3. The van der Waals surface area contributed by atoms with E-state index < -0.39 is 0 Å². The monoisotopic (exact) mass is 332 g/mol. The zero-order valence-corrected chi connectivity index (χ0v) is 14.8. The molecule has 2 N–H and O–H groups in total. The summed E-state index contributed by atoms with van der Waals surface area (Å²) in [6.45, 7) is 5.30. The van der Waals surface area contributed by atoms with Gasteiger partial charge in [-0.3, -0.25) is 4.79 Å². The Balaban J connectivity index is 1.45. The SMILES string of the molecule is C[N+]1(CCCOCC(=O)N2CCCc3ccc(N)cc32)CCCC1. The number of nitrogens with zero attached hydrogens (tertiary/aromatic N) is 2. The number of nitrogens with two attached hydrogens (primary N) is 1. The Kier molecular flexibility index (Phi) is 5.41. The van der Waals surface area contributed by atoms with Gasteiger partial charge >= 0.3 is 0 Å². The summed E-state index contributed by atoms with van der Waals surface area (Å²) >= 11 is 0. The summed E-state index contributed by atoms with van der Waals surface area (Å²) < 4.78 is 6.83. The fourth-order valence-electron chi connectivity index (χ4n) is 3.96. The normalized spacial score (nSPS) is 19.3. The number of quaternary nitrogens is 1. The van der Waals surface area contributed by atoms with E-state index in [1.54, 1.807) is 0 Å². The first kappa shape index (κ1) is 17.2. The molecule has 1 amide bonds. The lowest BCUT2D eigenvalue weighted by Crippen LogP contribution is -2.42. The van der Waals surface area contributed by atoms with E-state index in [1.807, 2.05) is 23.1 Å². The van der Waals surface area contributed by atoms with Crippen molar-refractivity contribution in [1.82, 2.24) is 0 Å². The molecule has 1 fully saturated rings. The quantitative estimate of drug-likeness (QED) is 0.494. The van der Waals surface area contributed by atoms with Crippen LogP contribution in [-0.2, 0) is 16.0 Å². The molecular formula is C19H30N3O2+. The maximum atomic E-state index is 12.5. The van der Waals surface area contributed by atoms with Crippen LogP contribution in [0.3, 0.4) is 0 Å². The van der Waals surface area contributed by atoms with Crippen LogP contribution in [0.2, 0.25) is 0 Å². The second kappa shape index (κ2) is 7.53. The number of carbonyl (C=O) groups excluding carboxylic acids is 1. The summed E-state index contributed by atoms with van der Waals surface area (Å²) in [6.07, 6.45) is 5.71. The highest BCUT2D eigenvalue weighted by Crippen LogP contribution is 2.29. The fraction of sp³-hybridized carbons (Fsp3) is 0.632. The predicted molar refractivity (Wildman–Crippen MR) is 97.0 cm³/mol. The van der Waals surface area contributed by atoms with Gasteiger partial charge in [0.25, 0.3) is 5.91 Å². The Morgan fingerprint density at radius 2 is 2.08 bits per heavy atom. The van der Waals surface area contributed by atoms with Crippen LogP contribution >= 0.6 is 0 Å². The van der Waals surface area contributed by atoms with Crippen molar-refractivity contribution in [2.24, 2.45) is 0 Å². The highest BCUT2D eigenvalue weighted by atomic mass is 16.5. The van der Waals surface area contributed by atoms with Crippen LogP contribution in [0.1, 0.15) is 31.2 Å². The summed E-state index contributed by atoms with van der Waals surface area (Å²) in [5.74, 6) is 0.0446.